The van der Waals surface area contributed by atoms with Crippen molar-refractivity contribution >= 4 is 38.9 Å². The minimum Gasteiger partial charge on any atom is -0.352 e. The van der Waals surface area contributed by atoms with Crippen LogP contribution in [0.2, 0.25) is 5.02 Å². The van der Waals surface area contributed by atoms with E-state index in [0.29, 0.717) is 17.1 Å². The van der Waals surface area contributed by atoms with Crippen molar-refractivity contribution in [2.24, 2.45) is 0 Å². The molecule has 2 rings (SSSR count). The Morgan fingerprint density at radius 1 is 1.32 bits per heavy atom. The van der Waals surface area contributed by atoms with E-state index in [1.807, 2.05) is 0 Å². The Bertz CT molecular complexity index is 703. The van der Waals surface area contributed by atoms with E-state index in [0.717, 1.165) is 5.56 Å². The lowest BCUT2D eigenvalue weighted by Gasteiger charge is -2.12. The van der Waals surface area contributed by atoms with Gasteiger partial charge in [-0.25, -0.2) is 8.42 Å². The number of carbonyl (C=O) groups is 2. The summed E-state index contributed by atoms with van der Waals surface area (Å²) in [5.74, 6) is -0.917. The van der Waals surface area contributed by atoms with Crippen molar-refractivity contribution in [3.05, 3.63) is 28.8 Å². The quantitative estimate of drug-likeness (QED) is 0.805. The van der Waals surface area contributed by atoms with Gasteiger partial charge in [0.25, 0.3) is 0 Å². The first kappa shape index (κ1) is 16.8. The average molecular weight is 345 g/mol. The Morgan fingerprint density at radius 3 is 2.64 bits per heavy atom. The maximum Gasteiger partial charge on any atom is 0.233 e. The largest absolute Gasteiger partial charge is 0.352 e. The molecule has 0 spiro atoms. The van der Waals surface area contributed by atoms with E-state index in [4.69, 9.17) is 11.6 Å². The molecular weight excluding hydrogens is 328 g/mol. The van der Waals surface area contributed by atoms with Gasteiger partial charge in [0.05, 0.1) is 11.5 Å². The molecule has 120 valence electrons. The van der Waals surface area contributed by atoms with E-state index >= 15 is 0 Å². The molecule has 0 bridgehead atoms. The SMILES string of the molecule is Cc1cc(Cl)ccc1NC(=O)CC(=O)NC1CCS(=O)(=O)C1. The second kappa shape index (κ2) is 6.66. The maximum atomic E-state index is 11.8. The summed E-state index contributed by atoms with van der Waals surface area (Å²) in [6, 6.07) is 4.62. The normalized spacial score (nSPS) is 19.6. The van der Waals surface area contributed by atoms with Crippen LogP contribution in [0.5, 0.6) is 0 Å². The van der Waals surface area contributed by atoms with E-state index in [1.165, 1.54) is 0 Å². The van der Waals surface area contributed by atoms with Crippen LogP contribution in [-0.2, 0) is 19.4 Å². The Morgan fingerprint density at radius 2 is 2.05 bits per heavy atom. The molecule has 1 saturated heterocycles. The first-order valence-electron chi connectivity index (χ1n) is 6.81. The number of rotatable bonds is 4. The molecular formula is C14H17ClN2O4S. The Hall–Kier alpha value is -1.60. The molecule has 0 aromatic heterocycles. The zero-order valence-electron chi connectivity index (χ0n) is 12.1. The third-order valence-electron chi connectivity index (χ3n) is 3.38. The van der Waals surface area contributed by atoms with Gasteiger partial charge in [-0.2, -0.15) is 0 Å². The van der Waals surface area contributed by atoms with Gasteiger partial charge >= 0.3 is 0 Å². The van der Waals surface area contributed by atoms with Gasteiger partial charge < -0.3 is 10.6 Å². The van der Waals surface area contributed by atoms with Crippen molar-refractivity contribution < 1.29 is 18.0 Å². The summed E-state index contributed by atoms with van der Waals surface area (Å²) < 4.78 is 22.6. The standard InChI is InChI=1S/C14H17ClN2O4S/c1-9-6-10(15)2-3-12(9)17-14(19)7-13(18)16-11-4-5-22(20,21)8-11/h2-3,6,11H,4-5,7-8H2,1H3,(H,16,18)(H,17,19). The van der Waals surface area contributed by atoms with Gasteiger partial charge in [-0.1, -0.05) is 11.6 Å². The predicted octanol–water partition coefficient (Wildman–Crippen LogP) is 1.28. The van der Waals surface area contributed by atoms with Crippen molar-refractivity contribution in [1.29, 1.82) is 0 Å². The highest BCUT2D eigenvalue weighted by molar-refractivity contribution is 7.91. The number of hydrogen-bond acceptors (Lipinski definition) is 4. The van der Waals surface area contributed by atoms with Crippen LogP contribution < -0.4 is 10.6 Å². The first-order valence-corrected chi connectivity index (χ1v) is 9.01. The summed E-state index contributed by atoms with van der Waals surface area (Å²) in [4.78, 5) is 23.6. The van der Waals surface area contributed by atoms with Gasteiger partial charge in [-0.05, 0) is 37.1 Å². The van der Waals surface area contributed by atoms with Gasteiger partial charge in [0.1, 0.15) is 6.42 Å². The molecule has 1 aliphatic heterocycles. The Balaban J connectivity index is 1.85. The lowest BCUT2D eigenvalue weighted by molar-refractivity contribution is -0.127. The molecule has 1 aliphatic rings. The molecule has 6 nitrogen and oxygen atoms in total. The van der Waals surface area contributed by atoms with Crippen LogP contribution >= 0.6 is 11.6 Å². The number of benzene rings is 1. The summed E-state index contributed by atoms with van der Waals surface area (Å²) in [6.45, 7) is 1.80. The monoisotopic (exact) mass is 344 g/mol. The molecule has 2 N–H and O–H groups in total. The van der Waals surface area contributed by atoms with E-state index in [-0.39, 0.29) is 17.9 Å². The molecule has 1 aromatic carbocycles. The molecule has 1 fully saturated rings. The smallest absolute Gasteiger partial charge is 0.233 e. The molecule has 0 aliphatic carbocycles. The lowest BCUT2D eigenvalue weighted by atomic mass is 10.2. The molecule has 0 saturated carbocycles. The fourth-order valence-corrected chi connectivity index (χ4v) is 4.20. The van der Waals surface area contributed by atoms with Crippen molar-refractivity contribution in [3.63, 3.8) is 0 Å². The van der Waals surface area contributed by atoms with Crippen molar-refractivity contribution in [1.82, 2.24) is 5.32 Å². The van der Waals surface area contributed by atoms with Crippen molar-refractivity contribution in [3.8, 4) is 0 Å². The lowest BCUT2D eigenvalue weighted by Crippen LogP contribution is -2.37. The van der Waals surface area contributed by atoms with Gasteiger partial charge in [0.2, 0.25) is 11.8 Å². The number of hydrogen-bond donors (Lipinski definition) is 2. The van der Waals surface area contributed by atoms with E-state index < -0.39 is 27.7 Å². The van der Waals surface area contributed by atoms with Crippen LogP contribution in [0.25, 0.3) is 0 Å². The third kappa shape index (κ3) is 4.71. The van der Waals surface area contributed by atoms with Crippen molar-refractivity contribution in [2.75, 3.05) is 16.8 Å². The number of nitrogens with one attached hydrogen (secondary N) is 2. The average Bonchev–Trinajstić information content (AvgIpc) is 2.71. The Labute approximate surface area is 134 Å². The minimum absolute atomic E-state index is 0.0589. The zero-order valence-corrected chi connectivity index (χ0v) is 13.6. The number of amides is 2. The van der Waals surface area contributed by atoms with E-state index in [2.05, 4.69) is 10.6 Å². The van der Waals surface area contributed by atoms with Crippen LogP contribution in [0.3, 0.4) is 0 Å². The van der Waals surface area contributed by atoms with Gasteiger partial charge in [0.15, 0.2) is 9.84 Å². The molecule has 0 radical (unpaired) electrons. The zero-order chi connectivity index (χ0) is 16.3. The van der Waals surface area contributed by atoms with Crippen LogP contribution in [0, 0.1) is 6.92 Å². The maximum absolute atomic E-state index is 11.8. The highest BCUT2D eigenvalue weighted by Crippen LogP contribution is 2.19. The van der Waals surface area contributed by atoms with Crippen LogP contribution in [0.4, 0.5) is 5.69 Å². The summed E-state index contributed by atoms with van der Waals surface area (Å²) in [7, 11) is -3.06. The highest BCUT2D eigenvalue weighted by atomic mass is 35.5. The molecule has 1 unspecified atom stereocenters. The first-order chi connectivity index (χ1) is 10.2. The summed E-state index contributed by atoms with van der Waals surface area (Å²) in [6.07, 6.45) is 0.0462. The molecule has 1 heterocycles. The number of sulfone groups is 1. The van der Waals surface area contributed by atoms with Crippen molar-refractivity contribution in [2.45, 2.75) is 25.8 Å². The number of aryl methyl sites for hydroxylation is 1. The fourth-order valence-electron chi connectivity index (χ4n) is 2.30. The summed E-state index contributed by atoms with van der Waals surface area (Å²) >= 11 is 5.83. The molecule has 1 atom stereocenters. The summed E-state index contributed by atoms with van der Waals surface area (Å²) in [5.41, 5.74) is 1.38. The second-order valence-corrected chi connectivity index (χ2v) is 8.02. The van der Waals surface area contributed by atoms with Crippen LogP contribution in [0.15, 0.2) is 18.2 Å². The third-order valence-corrected chi connectivity index (χ3v) is 5.38. The van der Waals surface area contributed by atoms with E-state index in [9.17, 15) is 18.0 Å². The molecule has 1 aromatic rings. The molecule has 8 heteroatoms. The number of anilines is 1. The van der Waals surface area contributed by atoms with Crippen LogP contribution in [-0.4, -0.2) is 37.8 Å². The fraction of sp³-hybridized carbons (Fsp3) is 0.429. The van der Waals surface area contributed by atoms with Gasteiger partial charge in [0, 0.05) is 16.8 Å². The number of carbonyl (C=O) groups excluding carboxylic acids is 2. The minimum atomic E-state index is -3.06. The van der Waals surface area contributed by atoms with Gasteiger partial charge in [-0.15, -0.1) is 0 Å². The predicted molar refractivity (Wildman–Crippen MR) is 84.6 cm³/mol. The number of halogens is 1. The highest BCUT2D eigenvalue weighted by Gasteiger charge is 2.29. The Kier molecular flexibility index (Phi) is 5.08. The summed E-state index contributed by atoms with van der Waals surface area (Å²) in [5, 5.41) is 5.77. The topological polar surface area (TPSA) is 92.3 Å². The van der Waals surface area contributed by atoms with Gasteiger partial charge in [-0.3, -0.25) is 9.59 Å². The molecule has 22 heavy (non-hydrogen) atoms. The van der Waals surface area contributed by atoms with Crippen LogP contribution in [0.1, 0.15) is 18.4 Å². The van der Waals surface area contributed by atoms with E-state index in [1.54, 1.807) is 25.1 Å². The molecule has 2 amide bonds. The second-order valence-electron chi connectivity index (χ2n) is 5.35.